The predicted octanol–water partition coefficient (Wildman–Crippen LogP) is 4.40. The highest BCUT2D eigenvalue weighted by atomic mass is 35.5. The molecule has 0 aliphatic rings. The van der Waals surface area contributed by atoms with Crippen molar-refractivity contribution in [2.24, 2.45) is 0 Å². The predicted molar refractivity (Wildman–Crippen MR) is 91.1 cm³/mol. The topological polar surface area (TPSA) is 66.9 Å². The third-order valence-corrected chi connectivity index (χ3v) is 3.54. The van der Waals surface area contributed by atoms with Crippen LogP contribution in [0.2, 0.25) is 5.02 Å². The van der Waals surface area contributed by atoms with Crippen molar-refractivity contribution in [3.8, 4) is 0 Å². The number of nitrogens with one attached hydrogen (secondary N) is 2. The number of benzene rings is 2. The number of amides is 1. The summed E-state index contributed by atoms with van der Waals surface area (Å²) in [7, 11) is 0. The van der Waals surface area contributed by atoms with Crippen LogP contribution < -0.4 is 10.6 Å². The number of halogens is 3. The number of carbonyl (C=O) groups excluding carboxylic acids is 1. The van der Waals surface area contributed by atoms with E-state index in [1.165, 1.54) is 18.2 Å². The molecule has 5 nitrogen and oxygen atoms in total. The van der Waals surface area contributed by atoms with Gasteiger partial charge in [0, 0.05) is 6.07 Å². The summed E-state index contributed by atoms with van der Waals surface area (Å²) in [5.74, 6) is -1.72. The highest BCUT2D eigenvalue weighted by Gasteiger charge is 2.11. The second kappa shape index (κ2) is 7.23. The summed E-state index contributed by atoms with van der Waals surface area (Å²) in [6.45, 7) is 0. The van der Waals surface area contributed by atoms with Gasteiger partial charge in [0.1, 0.15) is 11.6 Å². The van der Waals surface area contributed by atoms with Gasteiger partial charge >= 0.3 is 0 Å². The molecule has 0 saturated carbocycles. The number of carbonyl (C=O) groups is 1. The number of aromatic nitrogens is 2. The Balaban J connectivity index is 1.71. The maximum Gasteiger partial charge on any atom is 0.276 e. The molecule has 1 heterocycles. The number of anilines is 3. The second-order valence-electron chi connectivity index (χ2n) is 4.99. The molecular weight excluding hydrogens is 350 g/mol. The maximum atomic E-state index is 13.6. The van der Waals surface area contributed by atoms with Gasteiger partial charge < -0.3 is 10.6 Å². The first-order valence-corrected chi connectivity index (χ1v) is 7.52. The molecule has 0 radical (unpaired) electrons. The quantitative estimate of drug-likeness (QED) is 0.723. The Morgan fingerprint density at radius 3 is 2.44 bits per heavy atom. The lowest BCUT2D eigenvalue weighted by Crippen LogP contribution is -2.14. The van der Waals surface area contributed by atoms with E-state index in [2.05, 4.69) is 20.8 Å². The first-order chi connectivity index (χ1) is 12.0. The van der Waals surface area contributed by atoms with E-state index < -0.39 is 17.5 Å². The molecule has 0 unspecified atom stereocenters. The van der Waals surface area contributed by atoms with Crippen LogP contribution in [0.15, 0.2) is 54.6 Å². The van der Waals surface area contributed by atoms with Crippen molar-refractivity contribution in [2.45, 2.75) is 0 Å². The molecular formula is C17H11ClF2N4O. The molecule has 0 bridgehead atoms. The Kier molecular flexibility index (Phi) is 4.85. The third kappa shape index (κ3) is 4.07. The van der Waals surface area contributed by atoms with Crippen LogP contribution >= 0.6 is 11.6 Å². The molecule has 0 spiro atoms. The van der Waals surface area contributed by atoms with Gasteiger partial charge in [0.2, 0.25) is 0 Å². The second-order valence-corrected chi connectivity index (χ2v) is 5.39. The highest BCUT2D eigenvalue weighted by Crippen LogP contribution is 2.21. The zero-order valence-corrected chi connectivity index (χ0v) is 13.4. The summed E-state index contributed by atoms with van der Waals surface area (Å²) in [5.41, 5.74) is 0.556. The van der Waals surface area contributed by atoms with Gasteiger partial charge in [0.25, 0.3) is 5.91 Å². The summed E-state index contributed by atoms with van der Waals surface area (Å²) in [6.07, 6.45) is 0. The van der Waals surface area contributed by atoms with Gasteiger partial charge in [0.05, 0.1) is 16.4 Å². The summed E-state index contributed by atoms with van der Waals surface area (Å²) in [6, 6.07) is 12.8. The molecule has 25 heavy (non-hydrogen) atoms. The van der Waals surface area contributed by atoms with E-state index in [4.69, 9.17) is 11.6 Å². The summed E-state index contributed by atoms with van der Waals surface area (Å²) in [4.78, 5) is 12.1. The minimum absolute atomic E-state index is 0.0453. The van der Waals surface area contributed by atoms with Gasteiger partial charge in [-0.05, 0) is 36.4 Å². The average molecular weight is 361 g/mol. The Bertz CT molecular complexity index is 919. The van der Waals surface area contributed by atoms with E-state index in [9.17, 15) is 13.6 Å². The lowest BCUT2D eigenvalue weighted by atomic mass is 10.3. The van der Waals surface area contributed by atoms with Crippen molar-refractivity contribution in [1.29, 1.82) is 0 Å². The van der Waals surface area contributed by atoms with E-state index in [0.29, 0.717) is 10.7 Å². The van der Waals surface area contributed by atoms with Crippen molar-refractivity contribution in [1.82, 2.24) is 10.2 Å². The molecule has 1 amide bonds. The molecule has 2 aromatic carbocycles. The minimum Gasteiger partial charge on any atom is -0.336 e. The van der Waals surface area contributed by atoms with E-state index in [-0.39, 0.29) is 17.2 Å². The number of para-hydroxylation sites is 1. The maximum absolute atomic E-state index is 13.6. The standard InChI is InChI=1S/C17H11ClF2N4O/c18-11-3-1-2-4-13(11)22-17(25)15-7-8-16(24-23-15)21-14-6-5-10(19)9-12(14)20/h1-9H,(H,21,24)(H,22,25). The minimum atomic E-state index is -0.762. The van der Waals surface area contributed by atoms with Crippen molar-refractivity contribution in [3.63, 3.8) is 0 Å². The van der Waals surface area contributed by atoms with Crippen molar-refractivity contribution >= 4 is 34.7 Å². The largest absolute Gasteiger partial charge is 0.336 e. The van der Waals surface area contributed by atoms with Crippen molar-refractivity contribution in [3.05, 3.63) is 76.9 Å². The molecule has 0 fully saturated rings. The molecule has 1 aromatic heterocycles. The van der Waals surface area contributed by atoms with Crippen LogP contribution in [0.5, 0.6) is 0 Å². The van der Waals surface area contributed by atoms with Crippen molar-refractivity contribution < 1.29 is 13.6 Å². The molecule has 2 N–H and O–H groups in total. The Hall–Kier alpha value is -3.06. The monoisotopic (exact) mass is 360 g/mol. The van der Waals surface area contributed by atoms with Gasteiger partial charge in [-0.15, -0.1) is 10.2 Å². The first-order valence-electron chi connectivity index (χ1n) is 7.14. The lowest BCUT2D eigenvalue weighted by Gasteiger charge is -2.08. The fourth-order valence-electron chi connectivity index (χ4n) is 2.00. The molecule has 3 rings (SSSR count). The average Bonchev–Trinajstić information content (AvgIpc) is 2.60. The highest BCUT2D eigenvalue weighted by molar-refractivity contribution is 6.33. The SMILES string of the molecule is O=C(Nc1ccccc1Cl)c1ccc(Nc2ccc(F)cc2F)nn1. The van der Waals surface area contributed by atoms with Crippen LogP contribution in [-0.4, -0.2) is 16.1 Å². The fourth-order valence-corrected chi connectivity index (χ4v) is 2.18. The molecule has 126 valence electrons. The van der Waals surface area contributed by atoms with Crippen LogP contribution in [0.4, 0.5) is 26.0 Å². The van der Waals surface area contributed by atoms with Gasteiger partial charge in [-0.3, -0.25) is 4.79 Å². The fraction of sp³-hybridized carbons (Fsp3) is 0. The Morgan fingerprint density at radius 2 is 1.76 bits per heavy atom. The van der Waals surface area contributed by atoms with Gasteiger partial charge in [-0.1, -0.05) is 23.7 Å². The van der Waals surface area contributed by atoms with Gasteiger partial charge in [-0.2, -0.15) is 0 Å². The van der Waals surface area contributed by atoms with Crippen LogP contribution in [0.3, 0.4) is 0 Å². The summed E-state index contributed by atoms with van der Waals surface area (Å²) >= 11 is 5.97. The summed E-state index contributed by atoms with van der Waals surface area (Å²) in [5, 5.41) is 13.3. The van der Waals surface area contributed by atoms with Crippen LogP contribution in [0.25, 0.3) is 0 Å². The zero-order chi connectivity index (χ0) is 17.8. The Morgan fingerprint density at radius 1 is 0.960 bits per heavy atom. The number of nitrogens with zero attached hydrogens (tertiary/aromatic N) is 2. The Labute approximate surface area is 146 Å². The van der Waals surface area contributed by atoms with Crippen LogP contribution in [-0.2, 0) is 0 Å². The van der Waals surface area contributed by atoms with E-state index in [1.807, 2.05) is 0 Å². The van der Waals surface area contributed by atoms with E-state index in [1.54, 1.807) is 24.3 Å². The molecule has 0 aliphatic heterocycles. The van der Waals surface area contributed by atoms with Gasteiger partial charge in [-0.25, -0.2) is 8.78 Å². The number of hydrogen-bond donors (Lipinski definition) is 2. The molecule has 0 saturated heterocycles. The van der Waals surface area contributed by atoms with E-state index >= 15 is 0 Å². The normalized spacial score (nSPS) is 10.4. The smallest absolute Gasteiger partial charge is 0.276 e. The van der Waals surface area contributed by atoms with Crippen molar-refractivity contribution in [2.75, 3.05) is 10.6 Å². The third-order valence-electron chi connectivity index (χ3n) is 3.21. The van der Waals surface area contributed by atoms with E-state index in [0.717, 1.165) is 12.1 Å². The molecule has 0 atom stereocenters. The molecule has 8 heteroatoms. The number of hydrogen-bond acceptors (Lipinski definition) is 4. The summed E-state index contributed by atoms with van der Waals surface area (Å²) < 4.78 is 26.5. The van der Waals surface area contributed by atoms with Crippen LogP contribution in [0.1, 0.15) is 10.5 Å². The molecule has 0 aliphatic carbocycles. The lowest BCUT2D eigenvalue weighted by molar-refractivity contribution is 0.102. The number of rotatable bonds is 4. The first kappa shape index (κ1) is 16.8. The zero-order valence-electron chi connectivity index (χ0n) is 12.6. The van der Waals surface area contributed by atoms with Crippen LogP contribution in [0, 0.1) is 11.6 Å². The molecule has 3 aromatic rings. The van der Waals surface area contributed by atoms with Gasteiger partial charge in [0.15, 0.2) is 11.5 Å².